The molecule has 1 aliphatic heterocycles. The number of unbranched alkanes of at least 4 members (excludes halogenated alkanes) is 1. The molecule has 9 heteroatoms. The third-order valence-electron chi connectivity index (χ3n) is 5.03. The van der Waals surface area contributed by atoms with Crippen LogP contribution in [0.4, 0.5) is 0 Å². The van der Waals surface area contributed by atoms with Crippen molar-refractivity contribution in [3.8, 4) is 5.75 Å². The van der Waals surface area contributed by atoms with Gasteiger partial charge in [-0.1, -0.05) is 12.1 Å². The molecule has 1 aromatic heterocycles. The zero-order valence-electron chi connectivity index (χ0n) is 18.5. The summed E-state index contributed by atoms with van der Waals surface area (Å²) < 4.78 is 13.8. The second-order valence-corrected chi connectivity index (χ2v) is 7.59. The highest BCUT2D eigenvalue weighted by Gasteiger charge is 2.17. The molecule has 1 aromatic carbocycles. The van der Waals surface area contributed by atoms with Crippen LogP contribution in [-0.2, 0) is 17.8 Å². The topological polar surface area (TPSA) is 85.6 Å². The van der Waals surface area contributed by atoms with Gasteiger partial charge >= 0.3 is 0 Å². The van der Waals surface area contributed by atoms with Gasteiger partial charge in [-0.15, -0.1) is 34.2 Å². The number of halogens is 1. The summed E-state index contributed by atoms with van der Waals surface area (Å²) in [5.74, 6) is 1.73. The van der Waals surface area contributed by atoms with Gasteiger partial charge in [0.05, 0.1) is 12.6 Å². The fraction of sp³-hybridized carbons (Fsp3) is 0.591. The Bertz CT molecular complexity index is 778. The van der Waals surface area contributed by atoms with Crippen LogP contribution < -0.4 is 15.4 Å². The molecule has 1 unspecified atom stereocenters. The summed E-state index contributed by atoms with van der Waals surface area (Å²) >= 11 is 0. The molecule has 0 aliphatic carbocycles. The number of aryl methyl sites for hydroxylation is 2. The van der Waals surface area contributed by atoms with Crippen LogP contribution in [0.3, 0.4) is 0 Å². The number of hydrogen-bond acceptors (Lipinski definition) is 5. The average Bonchev–Trinajstić information content (AvgIpc) is 3.45. The molecular formula is C22H35IN6O2. The van der Waals surface area contributed by atoms with E-state index in [0.717, 1.165) is 69.2 Å². The molecular weight excluding hydrogens is 507 g/mol. The van der Waals surface area contributed by atoms with E-state index in [1.54, 1.807) is 12.7 Å². The maximum absolute atomic E-state index is 6.10. The monoisotopic (exact) mass is 542 g/mol. The SMILES string of the molecule is CCNC(=NCc1ccc(C)cc1OCC1CCCO1)NCCCCn1cnnc1.I. The highest BCUT2D eigenvalue weighted by Crippen LogP contribution is 2.23. The lowest BCUT2D eigenvalue weighted by Crippen LogP contribution is -2.37. The van der Waals surface area contributed by atoms with Gasteiger partial charge in [-0.05, 0) is 51.2 Å². The Morgan fingerprint density at radius 1 is 1.26 bits per heavy atom. The van der Waals surface area contributed by atoms with Crippen LogP contribution in [0.5, 0.6) is 5.75 Å². The molecule has 3 rings (SSSR count). The molecule has 1 aliphatic rings. The van der Waals surface area contributed by atoms with E-state index in [4.69, 9.17) is 14.5 Å². The van der Waals surface area contributed by atoms with Gasteiger partial charge in [0, 0.05) is 31.8 Å². The minimum atomic E-state index is 0. The smallest absolute Gasteiger partial charge is 0.191 e. The summed E-state index contributed by atoms with van der Waals surface area (Å²) in [5, 5.41) is 14.4. The van der Waals surface area contributed by atoms with Crippen molar-refractivity contribution in [2.45, 2.75) is 58.7 Å². The molecule has 2 heterocycles. The van der Waals surface area contributed by atoms with Crippen molar-refractivity contribution in [2.75, 3.05) is 26.3 Å². The number of ether oxygens (including phenoxy) is 2. The van der Waals surface area contributed by atoms with Crippen LogP contribution >= 0.6 is 24.0 Å². The second kappa shape index (κ2) is 14.2. The van der Waals surface area contributed by atoms with Crippen molar-refractivity contribution in [1.82, 2.24) is 25.4 Å². The number of benzene rings is 1. The number of hydrogen-bond donors (Lipinski definition) is 2. The summed E-state index contributed by atoms with van der Waals surface area (Å²) in [6.45, 7) is 8.78. The van der Waals surface area contributed by atoms with E-state index in [-0.39, 0.29) is 30.1 Å². The van der Waals surface area contributed by atoms with Gasteiger partial charge in [0.2, 0.25) is 0 Å². The molecule has 0 radical (unpaired) electrons. The maximum Gasteiger partial charge on any atom is 0.191 e. The molecule has 0 bridgehead atoms. The highest BCUT2D eigenvalue weighted by molar-refractivity contribution is 14.0. The normalized spacial score (nSPS) is 16.1. The molecule has 172 valence electrons. The Labute approximate surface area is 202 Å². The van der Waals surface area contributed by atoms with Crippen molar-refractivity contribution < 1.29 is 9.47 Å². The Balaban J connectivity index is 0.00000341. The third-order valence-corrected chi connectivity index (χ3v) is 5.03. The van der Waals surface area contributed by atoms with E-state index >= 15 is 0 Å². The number of aliphatic imine (C=N–C) groups is 1. The first kappa shape index (κ1) is 25.4. The number of nitrogens with one attached hydrogen (secondary N) is 2. The molecule has 8 nitrogen and oxygen atoms in total. The van der Waals surface area contributed by atoms with Crippen LogP contribution in [0.1, 0.15) is 43.7 Å². The molecule has 1 atom stereocenters. The largest absolute Gasteiger partial charge is 0.491 e. The van der Waals surface area contributed by atoms with Crippen molar-refractivity contribution in [3.63, 3.8) is 0 Å². The first-order valence-electron chi connectivity index (χ1n) is 10.9. The van der Waals surface area contributed by atoms with Crippen molar-refractivity contribution >= 4 is 29.9 Å². The lowest BCUT2D eigenvalue weighted by atomic mass is 10.1. The van der Waals surface area contributed by atoms with Crippen LogP contribution in [-0.4, -0.2) is 53.1 Å². The van der Waals surface area contributed by atoms with Gasteiger partial charge in [-0.25, -0.2) is 4.99 Å². The highest BCUT2D eigenvalue weighted by atomic mass is 127. The van der Waals surface area contributed by atoms with Gasteiger partial charge in [0.25, 0.3) is 0 Å². The number of aromatic nitrogens is 3. The predicted molar refractivity (Wildman–Crippen MR) is 133 cm³/mol. The van der Waals surface area contributed by atoms with E-state index in [1.807, 2.05) is 4.57 Å². The van der Waals surface area contributed by atoms with Crippen LogP contribution in [0.25, 0.3) is 0 Å². The lowest BCUT2D eigenvalue weighted by Gasteiger charge is -2.15. The van der Waals surface area contributed by atoms with Crippen molar-refractivity contribution in [3.05, 3.63) is 42.0 Å². The first-order chi connectivity index (χ1) is 14.7. The molecule has 0 saturated carbocycles. The van der Waals surface area contributed by atoms with E-state index in [9.17, 15) is 0 Å². The minimum Gasteiger partial charge on any atom is -0.491 e. The summed E-state index contributed by atoms with van der Waals surface area (Å²) in [5.41, 5.74) is 2.27. The molecule has 31 heavy (non-hydrogen) atoms. The third kappa shape index (κ3) is 9.02. The van der Waals surface area contributed by atoms with Gasteiger partial charge < -0.3 is 24.7 Å². The molecule has 2 N–H and O–H groups in total. The van der Waals surface area contributed by atoms with Gasteiger partial charge in [0.1, 0.15) is 25.0 Å². The van der Waals surface area contributed by atoms with Crippen molar-refractivity contribution in [2.24, 2.45) is 4.99 Å². The lowest BCUT2D eigenvalue weighted by molar-refractivity contribution is 0.0676. The van der Waals surface area contributed by atoms with E-state index in [0.29, 0.717) is 13.2 Å². The standard InChI is InChI=1S/C22H34N6O2.HI/c1-3-23-22(24-10-4-5-11-28-16-26-27-17-28)25-14-19-9-8-18(2)13-21(19)30-15-20-7-6-12-29-20;/h8-9,13,16-17,20H,3-7,10-12,14-15H2,1-2H3,(H2,23,24,25);1H. The minimum absolute atomic E-state index is 0. The fourth-order valence-electron chi connectivity index (χ4n) is 3.35. The fourth-order valence-corrected chi connectivity index (χ4v) is 3.35. The van der Waals surface area contributed by atoms with Gasteiger partial charge in [0.15, 0.2) is 5.96 Å². The van der Waals surface area contributed by atoms with E-state index in [1.165, 1.54) is 5.56 Å². The first-order valence-corrected chi connectivity index (χ1v) is 10.9. The van der Waals surface area contributed by atoms with E-state index in [2.05, 4.69) is 52.9 Å². The number of nitrogens with zero attached hydrogens (tertiary/aromatic N) is 4. The zero-order valence-corrected chi connectivity index (χ0v) is 20.9. The van der Waals surface area contributed by atoms with Crippen LogP contribution in [0.15, 0.2) is 35.8 Å². The zero-order chi connectivity index (χ0) is 21.0. The van der Waals surface area contributed by atoms with E-state index < -0.39 is 0 Å². The number of rotatable bonds is 11. The van der Waals surface area contributed by atoms with Gasteiger partial charge in [-0.2, -0.15) is 0 Å². The number of guanidine groups is 1. The van der Waals surface area contributed by atoms with Gasteiger partial charge in [-0.3, -0.25) is 0 Å². The Morgan fingerprint density at radius 3 is 2.84 bits per heavy atom. The molecule has 2 aromatic rings. The van der Waals surface area contributed by atoms with Crippen LogP contribution in [0.2, 0.25) is 0 Å². The average molecular weight is 542 g/mol. The quantitative estimate of drug-likeness (QED) is 0.196. The predicted octanol–water partition coefficient (Wildman–Crippen LogP) is 3.30. The summed E-state index contributed by atoms with van der Waals surface area (Å²) in [7, 11) is 0. The maximum atomic E-state index is 6.10. The molecule has 0 spiro atoms. The Morgan fingerprint density at radius 2 is 2.10 bits per heavy atom. The van der Waals surface area contributed by atoms with Crippen molar-refractivity contribution in [1.29, 1.82) is 0 Å². The second-order valence-electron chi connectivity index (χ2n) is 7.59. The molecule has 0 amide bonds. The summed E-state index contributed by atoms with van der Waals surface area (Å²) in [6.07, 6.45) is 8.00. The summed E-state index contributed by atoms with van der Waals surface area (Å²) in [6, 6.07) is 6.30. The summed E-state index contributed by atoms with van der Waals surface area (Å²) in [4.78, 5) is 4.76. The Hall–Kier alpha value is -1.88. The van der Waals surface area contributed by atoms with Crippen LogP contribution in [0, 0.1) is 6.92 Å². The Kier molecular flexibility index (Phi) is 11.7. The molecule has 1 fully saturated rings. The molecule has 1 saturated heterocycles.